The third kappa shape index (κ3) is 2.49. The van der Waals surface area contributed by atoms with Gasteiger partial charge in [-0.15, -0.1) is 11.3 Å². The number of hydrogen-bond donors (Lipinski definition) is 0. The molecule has 102 valence electrons. The molecular weight excluding hydrogens is 268 g/mol. The molecule has 0 saturated heterocycles. The summed E-state index contributed by atoms with van der Waals surface area (Å²) in [5.41, 5.74) is 1.23. The van der Waals surface area contributed by atoms with Crippen LogP contribution in [0, 0.1) is 0 Å². The summed E-state index contributed by atoms with van der Waals surface area (Å²) in [7, 11) is 3.32. The maximum Gasteiger partial charge on any atom is 0.160 e. The highest BCUT2D eigenvalue weighted by molar-refractivity contribution is 7.19. The maximum atomic E-state index is 5.35. The van der Waals surface area contributed by atoms with Crippen molar-refractivity contribution in [2.75, 3.05) is 14.2 Å². The number of fused-ring (bicyclic) bond motifs is 1. The van der Waals surface area contributed by atoms with Crippen molar-refractivity contribution in [1.29, 1.82) is 0 Å². The summed E-state index contributed by atoms with van der Waals surface area (Å²) in [6.07, 6.45) is 0.916. The minimum atomic E-state index is 0.771. The zero-order valence-electron chi connectivity index (χ0n) is 11.6. The van der Waals surface area contributed by atoms with Crippen molar-refractivity contribution >= 4 is 21.4 Å². The van der Waals surface area contributed by atoms with Crippen molar-refractivity contribution in [3.63, 3.8) is 0 Å². The first-order valence-corrected chi connectivity index (χ1v) is 7.30. The molecule has 0 spiro atoms. The molecule has 3 rings (SSSR count). The first-order valence-electron chi connectivity index (χ1n) is 6.48. The fourth-order valence-corrected chi connectivity index (χ4v) is 3.41. The molecule has 0 saturated carbocycles. The van der Waals surface area contributed by atoms with Crippen LogP contribution < -0.4 is 9.47 Å². The third-order valence-corrected chi connectivity index (χ3v) is 4.42. The highest BCUT2D eigenvalue weighted by atomic mass is 32.1. The second kappa shape index (κ2) is 5.55. The molecule has 0 unspecified atom stereocenters. The molecule has 0 aliphatic carbocycles. The van der Waals surface area contributed by atoms with Crippen molar-refractivity contribution in [1.82, 2.24) is 0 Å². The summed E-state index contributed by atoms with van der Waals surface area (Å²) < 4.78 is 12.0. The lowest BCUT2D eigenvalue weighted by molar-refractivity contribution is 0.354. The number of rotatable bonds is 4. The van der Waals surface area contributed by atoms with Crippen LogP contribution in [-0.4, -0.2) is 14.2 Å². The molecule has 20 heavy (non-hydrogen) atoms. The Labute approximate surface area is 122 Å². The molecule has 0 atom stereocenters. The molecule has 1 aromatic heterocycles. The van der Waals surface area contributed by atoms with Gasteiger partial charge in [-0.3, -0.25) is 0 Å². The molecule has 0 aliphatic rings. The molecule has 0 amide bonds. The molecule has 0 N–H and O–H groups in total. The zero-order chi connectivity index (χ0) is 13.9. The standard InChI is InChI=1S/C17H16O2S/c1-18-15-8-7-12(10-16(15)19-2)9-14-11-13-5-3-4-6-17(13)20-14/h3-8,10-11H,9H2,1-2H3. The Bertz CT molecular complexity index is 698. The molecule has 1 heterocycles. The van der Waals surface area contributed by atoms with E-state index in [-0.39, 0.29) is 0 Å². The summed E-state index contributed by atoms with van der Waals surface area (Å²) in [5.74, 6) is 1.55. The quantitative estimate of drug-likeness (QED) is 0.702. The van der Waals surface area contributed by atoms with E-state index < -0.39 is 0 Å². The summed E-state index contributed by atoms with van der Waals surface area (Å²) in [5, 5.41) is 1.31. The van der Waals surface area contributed by atoms with Crippen molar-refractivity contribution < 1.29 is 9.47 Å². The SMILES string of the molecule is COc1ccc(Cc2cc3ccccc3s2)cc1OC. The van der Waals surface area contributed by atoms with Gasteiger partial charge in [-0.1, -0.05) is 24.3 Å². The van der Waals surface area contributed by atoms with E-state index in [4.69, 9.17) is 9.47 Å². The van der Waals surface area contributed by atoms with Gasteiger partial charge in [0, 0.05) is 16.0 Å². The Kier molecular flexibility index (Phi) is 3.61. The van der Waals surface area contributed by atoms with Crippen LogP contribution in [0.25, 0.3) is 10.1 Å². The fourth-order valence-electron chi connectivity index (χ4n) is 2.32. The summed E-state index contributed by atoms with van der Waals surface area (Å²) in [6, 6.07) is 16.8. The van der Waals surface area contributed by atoms with Crippen molar-refractivity contribution in [3.05, 3.63) is 59.0 Å². The minimum absolute atomic E-state index is 0.771. The van der Waals surface area contributed by atoms with E-state index in [0.717, 1.165) is 17.9 Å². The Morgan fingerprint density at radius 2 is 1.70 bits per heavy atom. The van der Waals surface area contributed by atoms with Gasteiger partial charge in [0.15, 0.2) is 11.5 Å². The molecule has 0 radical (unpaired) electrons. The lowest BCUT2D eigenvalue weighted by Gasteiger charge is -2.08. The molecule has 2 aromatic carbocycles. The second-order valence-electron chi connectivity index (χ2n) is 4.62. The molecule has 0 fully saturated rings. The van der Waals surface area contributed by atoms with E-state index in [1.54, 1.807) is 14.2 Å². The number of hydrogen-bond acceptors (Lipinski definition) is 3. The van der Waals surface area contributed by atoms with Crippen LogP contribution in [0.4, 0.5) is 0 Å². The molecule has 3 aromatic rings. The molecule has 3 heteroatoms. The zero-order valence-corrected chi connectivity index (χ0v) is 12.4. The summed E-state index contributed by atoms with van der Waals surface area (Å²) >= 11 is 1.84. The maximum absolute atomic E-state index is 5.35. The van der Waals surface area contributed by atoms with Crippen molar-refractivity contribution in [3.8, 4) is 11.5 Å². The average molecular weight is 284 g/mol. The summed E-state index contributed by atoms with van der Waals surface area (Å²) in [4.78, 5) is 1.36. The van der Waals surface area contributed by atoms with E-state index in [9.17, 15) is 0 Å². The van der Waals surface area contributed by atoms with Crippen molar-refractivity contribution in [2.24, 2.45) is 0 Å². The Morgan fingerprint density at radius 3 is 2.45 bits per heavy atom. The van der Waals surface area contributed by atoms with Gasteiger partial charge in [0.25, 0.3) is 0 Å². The first kappa shape index (κ1) is 13.0. The van der Waals surface area contributed by atoms with Gasteiger partial charge in [-0.2, -0.15) is 0 Å². The number of thiophene rings is 1. The second-order valence-corrected chi connectivity index (χ2v) is 5.78. The van der Waals surface area contributed by atoms with E-state index in [1.807, 2.05) is 23.5 Å². The number of methoxy groups -OCH3 is 2. The summed E-state index contributed by atoms with van der Waals surface area (Å²) in [6.45, 7) is 0. The Balaban J connectivity index is 1.90. The Morgan fingerprint density at radius 1 is 0.900 bits per heavy atom. The monoisotopic (exact) mass is 284 g/mol. The van der Waals surface area contributed by atoms with E-state index >= 15 is 0 Å². The van der Waals surface area contributed by atoms with Gasteiger partial charge in [0.1, 0.15) is 0 Å². The molecular formula is C17H16O2S. The highest BCUT2D eigenvalue weighted by Crippen LogP contribution is 2.31. The van der Waals surface area contributed by atoms with Crippen LogP contribution in [0.5, 0.6) is 11.5 Å². The normalized spacial score (nSPS) is 10.7. The first-order chi connectivity index (χ1) is 9.80. The number of benzene rings is 2. The van der Waals surface area contributed by atoms with Crippen LogP contribution in [-0.2, 0) is 6.42 Å². The Hall–Kier alpha value is -2.00. The van der Waals surface area contributed by atoms with Crippen LogP contribution in [0.15, 0.2) is 48.5 Å². The number of ether oxygens (including phenoxy) is 2. The van der Waals surface area contributed by atoms with E-state index in [1.165, 1.54) is 20.5 Å². The van der Waals surface area contributed by atoms with Gasteiger partial charge < -0.3 is 9.47 Å². The van der Waals surface area contributed by atoms with Crippen LogP contribution in [0.1, 0.15) is 10.4 Å². The van der Waals surface area contributed by atoms with Crippen LogP contribution in [0.3, 0.4) is 0 Å². The third-order valence-electron chi connectivity index (χ3n) is 3.30. The fraction of sp³-hybridized carbons (Fsp3) is 0.176. The topological polar surface area (TPSA) is 18.5 Å². The molecule has 2 nitrogen and oxygen atoms in total. The average Bonchev–Trinajstić information content (AvgIpc) is 2.89. The smallest absolute Gasteiger partial charge is 0.160 e. The van der Waals surface area contributed by atoms with Gasteiger partial charge in [0.05, 0.1) is 14.2 Å². The largest absolute Gasteiger partial charge is 0.493 e. The van der Waals surface area contributed by atoms with Crippen LogP contribution >= 0.6 is 11.3 Å². The minimum Gasteiger partial charge on any atom is -0.493 e. The predicted molar refractivity (Wildman–Crippen MR) is 84.2 cm³/mol. The van der Waals surface area contributed by atoms with E-state index in [0.29, 0.717) is 0 Å². The van der Waals surface area contributed by atoms with Gasteiger partial charge in [0.2, 0.25) is 0 Å². The van der Waals surface area contributed by atoms with Gasteiger partial charge in [-0.25, -0.2) is 0 Å². The van der Waals surface area contributed by atoms with Gasteiger partial charge >= 0.3 is 0 Å². The molecule has 0 bridgehead atoms. The highest BCUT2D eigenvalue weighted by Gasteiger charge is 2.07. The molecule has 0 aliphatic heterocycles. The van der Waals surface area contributed by atoms with Crippen molar-refractivity contribution in [2.45, 2.75) is 6.42 Å². The van der Waals surface area contributed by atoms with Crippen LogP contribution in [0.2, 0.25) is 0 Å². The lowest BCUT2D eigenvalue weighted by atomic mass is 10.1. The van der Waals surface area contributed by atoms with E-state index in [2.05, 4.69) is 36.4 Å². The predicted octanol–water partition coefficient (Wildman–Crippen LogP) is 4.51. The van der Waals surface area contributed by atoms with Gasteiger partial charge in [-0.05, 0) is 35.2 Å². The lowest BCUT2D eigenvalue weighted by Crippen LogP contribution is -1.92.